The van der Waals surface area contributed by atoms with E-state index in [9.17, 15) is 22.7 Å². The molecule has 1 atom stereocenters. The van der Waals surface area contributed by atoms with E-state index in [0.717, 1.165) is 35.7 Å². The minimum Gasteiger partial charge on any atom is -0.468 e. The zero-order valence-electron chi connectivity index (χ0n) is 11.5. The Kier molecular flexibility index (Phi) is 4.31. The van der Waals surface area contributed by atoms with Gasteiger partial charge in [0.05, 0.1) is 18.6 Å². The Labute approximate surface area is 122 Å². The van der Waals surface area contributed by atoms with Crippen LogP contribution in [-0.4, -0.2) is 49.6 Å². The molecule has 0 unspecified atom stereocenters. The van der Waals surface area contributed by atoms with Gasteiger partial charge in [0.25, 0.3) is 0 Å². The fourth-order valence-corrected chi connectivity index (χ4v) is 4.34. The molecule has 1 saturated heterocycles. The summed E-state index contributed by atoms with van der Waals surface area (Å²) in [6.07, 6.45) is 0.604. The fraction of sp³-hybridized carbons (Fsp3) is 0.462. The summed E-state index contributed by atoms with van der Waals surface area (Å²) < 4.78 is 43.8. The van der Waals surface area contributed by atoms with Crippen molar-refractivity contribution in [3.63, 3.8) is 0 Å². The molecular formula is C13H16FNO5S. The van der Waals surface area contributed by atoms with Gasteiger partial charge in [-0.25, -0.2) is 17.6 Å². The summed E-state index contributed by atoms with van der Waals surface area (Å²) in [7, 11) is -2.88. The maximum absolute atomic E-state index is 12.9. The van der Waals surface area contributed by atoms with Crippen LogP contribution in [0.15, 0.2) is 29.2 Å². The largest absolute Gasteiger partial charge is 0.468 e. The van der Waals surface area contributed by atoms with Crippen molar-refractivity contribution in [2.75, 3.05) is 20.3 Å². The first-order chi connectivity index (χ1) is 9.88. The van der Waals surface area contributed by atoms with Crippen molar-refractivity contribution in [2.24, 2.45) is 0 Å². The van der Waals surface area contributed by atoms with Gasteiger partial charge in [-0.05, 0) is 37.1 Å². The molecule has 116 valence electrons. The van der Waals surface area contributed by atoms with Crippen LogP contribution in [0.3, 0.4) is 0 Å². The second-order valence-electron chi connectivity index (χ2n) is 4.82. The van der Waals surface area contributed by atoms with E-state index < -0.39 is 34.0 Å². The number of rotatable bonds is 4. The molecule has 1 heterocycles. The second kappa shape index (κ2) is 5.70. The molecule has 0 amide bonds. The minimum atomic E-state index is -4.02. The number of hydrogen-bond donors (Lipinski definition) is 1. The normalized spacial score (nSPS) is 23.2. The highest BCUT2D eigenvalue weighted by molar-refractivity contribution is 7.89. The molecule has 0 bridgehead atoms. The first-order valence-electron chi connectivity index (χ1n) is 6.36. The number of sulfonamides is 1. The van der Waals surface area contributed by atoms with Crippen LogP contribution in [0, 0.1) is 5.82 Å². The molecule has 6 nitrogen and oxygen atoms in total. The van der Waals surface area contributed by atoms with Gasteiger partial charge in [-0.1, -0.05) is 0 Å². The Morgan fingerprint density at radius 3 is 2.57 bits per heavy atom. The van der Waals surface area contributed by atoms with Gasteiger partial charge < -0.3 is 9.84 Å². The molecule has 1 aromatic carbocycles. The predicted molar refractivity (Wildman–Crippen MR) is 71.4 cm³/mol. The zero-order chi connectivity index (χ0) is 15.7. The average molecular weight is 317 g/mol. The van der Waals surface area contributed by atoms with Gasteiger partial charge in [0.2, 0.25) is 10.0 Å². The summed E-state index contributed by atoms with van der Waals surface area (Å²) in [6.45, 7) is -0.574. The SMILES string of the molecule is COC(=O)[C@]1(CO)CCCN1S(=O)(=O)c1ccc(F)cc1. The Hall–Kier alpha value is -1.51. The molecular weight excluding hydrogens is 301 g/mol. The summed E-state index contributed by atoms with van der Waals surface area (Å²) in [4.78, 5) is 11.8. The molecule has 1 aliphatic rings. The Balaban J connectivity index is 2.47. The summed E-state index contributed by atoms with van der Waals surface area (Å²) in [6, 6.07) is 4.31. The molecule has 2 rings (SSSR count). The van der Waals surface area contributed by atoms with Crippen molar-refractivity contribution in [3.05, 3.63) is 30.1 Å². The Bertz CT molecular complexity index is 630. The third-order valence-corrected chi connectivity index (χ3v) is 5.64. The lowest BCUT2D eigenvalue weighted by Crippen LogP contribution is -2.56. The van der Waals surface area contributed by atoms with Gasteiger partial charge in [-0.15, -0.1) is 0 Å². The first kappa shape index (κ1) is 15.9. The van der Waals surface area contributed by atoms with E-state index in [1.807, 2.05) is 0 Å². The lowest BCUT2D eigenvalue weighted by Gasteiger charge is -2.33. The van der Waals surface area contributed by atoms with E-state index in [4.69, 9.17) is 0 Å². The number of esters is 1. The highest BCUT2D eigenvalue weighted by Gasteiger charge is 2.53. The summed E-state index contributed by atoms with van der Waals surface area (Å²) in [5.41, 5.74) is -1.61. The molecule has 8 heteroatoms. The number of ether oxygens (including phenoxy) is 1. The molecule has 0 saturated carbocycles. The molecule has 1 aromatic rings. The maximum Gasteiger partial charge on any atom is 0.329 e. The van der Waals surface area contributed by atoms with Gasteiger partial charge in [0.1, 0.15) is 5.82 Å². The number of carbonyl (C=O) groups excluding carboxylic acids is 1. The maximum atomic E-state index is 12.9. The topological polar surface area (TPSA) is 83.9 Å². The first-order valence-corrected chi connectivity index (χ1v) is 7.80. The third-order valence-electron chi connectivity index (χ3n) is 3.66. The summed E-state index contributed by atoms with van der Waals surface area (Å²) >= 11 is 0. The van der Waals surface area contributed by atoms with Crippen LogP contribution in [0.25, 0.3) is 0 Å². The smallest absolute Gasteiger partial charge is 0.329 e. The van der Waals surface area contributed by atoms with E-state index in [1.165, 1.54) is 0 Å². The number of aliphatic hydroxyl groups excluding tert-OH is 1. The van der Waals surface area contributed by atoms with Gasteiger partial charge in [-0.2, -0.15) is 4.31 Å². The fourth-order valence-electron chi connectivity index (χ4n) is 2.55. The number of nitrogens with zero attached hydrogens (tertiary/aromatic N) is 1. The van der Waals surface area contributed by atoms with E-state index >= 15 is 0 Å². The number of aliphatic hydroxyl groups is 1. The number of carbonyl (C=O) groups is 1. The van der Waals surface area contributed by atoms with Gasteiger partial charge in [0, 0.05) is 6.54 Å². The minimum absolute atomic E-state index is 0.0926. The number of benzene rings is 1. The standard InChI is InChI=1S/C13H16FNO5S/c1-20-12(17)13(9-16)7-2-8-15(13)21(18,19)11-5-3-10(14)4-6-11/h3-6,16H,2,7-9H2,1H3/t13-/m1/s1. The van der Waals surface area contributed by atoms with Gasteiger partial charge >= 0.3 is 5.97 Å². The van der Waals surface area contributed by atoms with Gasteiger partial charge in [-0.3, -0.25) is 0 Å². The highest BCUT2D eigenvalue weighted by Crippen LogP contribution is 2.35. The molecule has 1 N–H and O–H groups in total. The van der Waals surface area contributed by atoms with Crippen LogP contribution in [0.5, 0.6) is 0 Å². The van der Waals surface area contributed by atoms with Crippen molar-refractivity contribution < 1.29 is 27.4 Å². The van der Waals surface area contributed by atoms with Crippen molar-refractivity contribution in [3.8, 4) is 0 Å². The molecule has 0 aliphatic carbocycles. The average Bonchev–Trinajstić information content (AvgIpc) is 2.92. The van der Waals surface area contributed by atoms with E-state index in [2.05, 4.69) is 4.74 Å². The molecule has 0 radical (unpaired) electrons. The van der Waals surface area contributed by atoms with Crippen LogP contribution >= 0.6 is 0 Å². The summed E-state index contributed by atoms with van der Waals surface area (Å²) in [5.74, 6) is -1.36. The lowest BCUT2D eigenvalue weighted by atomic mass is 9.99. The van der Waals surface area contributed by atoms with Gasteiger partial charge in [0.15, 0.2) is 5.54 Å². The van der Waals surface area contributed by atoms with E-state index in [0.29, 0.717) is 6.42 Å². The Morgan fingerprint density at radius 1 is 1.43 bits per heavy atom. The number of halogens is 1. The van der Waals surface area contributed by atoms with E-state index in [1.54, 1.807) is 0 Å². The van der Waals surface area contributed by atoms with Crippen LogP contribution in [-0.2, 0) is 19.6 Å². The van der Waals surface area contributed by atoms with Crippen LogP contribution in [0.2, 0.25) is 0 Å². The lowest BCUT2D eigenvalue weighted by molar-refractivity contribution is -0.153. The molecule has 1 aliphatic heterocycles. The second-order valence-corrected chi connectivity index (χ2v) is 6.68. The van der Waals surface area contributed by atoms with E-state index in [-0.39, 0.29) is 17.9 Å². The van der Waals surface area contributed by atoms with Crippen molar-refractivity contribution in [1.82, 2.24) is 4.31 Å². The van der Waals surface area contributed by atoms with Crippen molar-refractivity contribution in [2.45, 2.75) is 23.3 Å². The van der Waals surface area contributed by atoms with Crippen LogP contribution in [0.1, 0.15) is 12.8 Å². The highest BCUT2D eigenvalue weighted by atomic mass is 32.2. The quantitative estimate of drug-likeness (QED) is 0.818. The number of hydrogen-bond acceptors (Lipinski definition) is 5. The van der Waals surface area contributed by atoms with Crippen molar-refractivity contribution >= 4 is 16.0 Å². The molecule has 1 fully saturated rings. The van der Waals surface area contributed by atoms with Crippen LogP contribution in [0.4, 0.5) is 4.39 Å². The molecule has 21 heavy (non-hydrogen) atoms. The molecule has 0 spiro atoms. The number of methoxy groups -OCH3 is 1. The van der Waals surface area contributed by atoms with Crippen LogP contribution < -0.4 is 0 Å². The third kappa shape index (κ3) is 2.54. The van der Waals surface area contributed by atoms with Crippen molar-refractivity contribution in [1.29, 1.82) is 0 Å². The predicted octanol–water partition coefficient (Wildman–Crippen LogP) is 0.514. The monoisotopic (exact) mass is 317 g/mol. The molecule has 0 aromatic heterocycles. The Morgan fingerprint density at radius 2 is 2.05 bits per heavy atom. The zero-order valence-corrected chi connectivity index (χ0v) is 12.3. The summed E-state index contributed by atoms with van der Waals surface area (Å²) in [5, 5.41) is 9.58.